The van der Waals surface area contributed by atoms with Gasteiger partial charge in [-0.2, -0.15) is 0 Å². The molecule has 88 valence electrons. The van der Waals surface area contributed by atoms with Crippen LogP contribution in [0.2, 0.25) is 5.02 Å². The maximum atomic E-state index is 14.3. The summed E-state index contributed by atoms with van der Waals surface area (Å²) >= 11 is 5.66. The number of rotatable bonds is 2. The lowest BCUT2D eigenvalue weighted by molar-refractivity contribution is 0.122. The van der Waals surface area contributed by atoms with E-state index in [1.165, 1.54) is 12.1 Å². The third kappa shape index (κ3) is 2.71. The Morgan fingerprint density at radius 1 is 1.44 bits per heavy atom. The average Bonchev–Trinajstić information content (AvgIpc) is 2.24. The van der Waals surface area contributed by atoms with E-state index in [1.807, 2.05) is 0 Å². The molecule has 1 unspecified atom stereocenters. The first-order valence-corrected chi connectivity index (χ1v) is 5.80. The topological polar surface area (TPSA) is 12.0 Å². The Labute approximate surface area is 98.8 Å². The van der Waals surface area contributed by atoms with Crippen LogP contribution in [0.5, 0.6) is 0 Å². The van der Waals surface area contributed by atoms with E-state index in [9.17, 15) is 8.78 Å². The summed E-state index contributed by atoms with van der Waals surface area (Å²) in [5.74, 6) is -0.458. The Hall–Kier alpha value is -0.670. The quantitative estimate of drug-likeness (QED) is 0.844. The fraction of sp³-hybridized carbons (Fsp3) is 0.500. The summed E-state index contributed by atoms with van der Waals surface area (Å²) in [5, 5.41) is 3.10. The zero-order valence-corrected chi connectivity index (χ0v) is 9.66. The van der Waals surface area contributed by atoms with Crippen LogP contribution in [0, 0.1) is 5.82 Å². The van der Waals surface area contributed by atoms with Gasteiger partial charge in [0.15, 0.2) is 0 Å². The van der Waals surface area contributed by atoms with Crippen LogP contribution < -0.4 is 5.32 Å². The van der Waals surface area contributed by atoms with Gasteiger partial charge < -0.3 is 5.32 Å². The van der Waals surface area contributed by atoms with Gasteiger partial charge >= 0.3 is 0 Å². The monoisotopic (exact) mass is 245 g/mol. The van der Waals surface area contributed by atoms with Crippen LogP contribution in [0.15, 0.2) is 18.2 Å². The third-order valence-electron chi connectivity index (χ3n) is 2.93. The highest BCUT2D eigenvalue weighted by atomic mass is 35.5. The molecule has 0 amide bonds. The van der Waals surface area contributed by atoms with E-state index in [1.54, 1.807) is 6.07 Å². The summed E-state index contributed by atoms with van der Waals surface area (Å²) < 4.78 is 27.2. The number of piperidine rings is 1. The minimum atomic E-state index is -1.22. The first-order valence-electron chi connectivity index (χ1n) is 5.43. The van der Waals surface area contributed by atoms with Gasteiger partial charge in [-0.1, -0.05) is 17.7 Å². The SMILES string of the molecule is Fc1ccc(CC2(F)CCCNC2)cc1Cl. The molecular formula is C12H14ClF2N. The molecule has 0 radical (unpaired) electrons. The molecule has 1 saturated heterocycles. The predicted octanol–water partition coefficient (Wildman–Crippen LogP) is 3.11. The molecule has 1 heterocycles. The number of hydrogen-bond acceptors (Lipinski definition) is 1. The standard InChI is InChI=1S/C12H14ClF2N/c13-10-6-9(2-3-11(10)14)7-12(15)4-1-5-16-8-12/h2-3,6,16H,1,4-5,7-8H2. The molecule has 1 aromatic rings. The molecule has 16 heavy (non-hydrogen) atoms. The van der Waals surface area contributed by atoms with Crippen LogP contribution in [-0.2, 0) is 6.42 Å². The Balaban J connectivity index is 2.10. The van der Waals surface area contributed by atoms with Gasteiger partial charge in [0.25, 0.3) is 0 Å². The minimum Gasteiger partial charge on any atom is -0.314 e. The van der Waals surface area contributed by atoms with E-state index in [0.29, 0.717) is 19.4 Å². The Morgan fingerprint density at radius 3 is 2.88 bits per heavy atom. The van der Waals surface area contributed by atoms with Crippen LogP contribution in [0.3, 0.4) is 0 Å². The summed E-state index contributed by atoms with van der Waals surface area (Å²) in [6, 6.07) is 4.39. The van der Waals surface area contributed by atoms with Crippen molar-refractivity contribution in [1.82, 2.24) is 5.32 Å². The minimum absolute atomic E-state index is 0.0601. The van der Waals surface area contributed by atoms with Crippen LogP contribution in [0.4, 0.5) is 8.78 Å². The van der Waals surface area contributed by atoms with Crippen molar-refractivity contribution in [3.63, 3.8) is 0 Å². The van der Waals surface area contributed by atoms with Gasteiger partial charge in [-0.3, -0.25) is 0 Å². The van der Waals surface area contributed by atoms with Crippen molar-refractivity contribution in [3.05, 3.63) is 34.6 Å². The van der Waals surface area contributed by atoms with Crippen molar-refractivity contribution in [2.75, 3.05) is 13.1 Å². The number of alkyl halides is 1. The molecule has 1 atom stereocenters. The summed E-state index contributed by atoms with van der Waals surface area (Å²) in [4.78, 5) is 0. The fourth-order valence-corrected chi connectivity index (χ4v) is 2.30. The van der Waals surface area contributed by atoms with Gasteiger partial charge in [-0.15, -0.1) is 0 Å². The lowest BCUT2D eigenvalue weighted by atomic mass is 9.89. The molecule has 1 aliphatic heterocycles. The van der Waals surface area contributed by atoms with Gasteiger partial charge in [-0.25, -0.2) is 8.78 Å². The van der Waals surface area contributed by atoms with E-state index >= 15 is 0 Å². The van der Waals surface area contributed by atoms with Crippen molar-refractivity contribution < 1.29 is 8.78 Å². The summed E-state index contributed by atoms with van der Waals surface area (Å²) in [6.45, 7) is 1.23. The van der Waals surface area contributed by atoms with Gasteiger partial charge in [0.1, 0.15) is 11.5 Å². The Bertz CT molecular complexity index is 375. The summed E-state index contributed by atoms with van der Waals surface area (Å²) in [5.41, 5.74) is -0.475. The second-order valence-corrected chi connectivity index (χ2v) is 4.76. The second-order valence-electron chi connectivity index (χ2n) is 4.36. The lowest BCUT2D eigenvalue weighted by Gasteiger charge is -2.30. The molecule has 1 aromatic carbocycles. The van der Waals surface area contributed by atoms with E-state index in [0.717, 1.165) is 18.5 Å². The molecule has 4 heteroatoms. The van der Waals surface area contributed by atoms with Gasteiger partial charge in [-0.05, 0) is 37.1 Å². The molecule has 1 N–H and O–H groups in total. The largest absolute Gasteiger partial charge is 0.314 e. The zero-order chi connectivity index (χ0) is 11.6. The predicted molar refractivity (Wildman–Crippen MR) is 61.1 cm³/mol. The first kappa shape index (κ1) is 11.8. The second kappa shape index (κ2) is 4.68. The lowest BCUT2D eigenvalue weighted by Crippen LogP contribution is -2.43. The van der Waals surface area contributed by atoms with Gasteiger partial charge in [0.2, 0.25) is 0 Å². The van der Waals surface area contributed by atoms with E-state index in [4.69, 9.17) is 11.6 Å². The summed E-state index contributed by atoms with van der Waals surface area (Å²) in [6.07, 6.45) is 1.68. The van der Waals surface area contributed by atoms with E-state index < -0.39 is 11.5 Å². The summed E-state index contributed by atoms with van der Waals surface area (Å²) in [7, 11) is 0. The number of nitrogens with one attached hydrogen (secondary N) is 1. The molecule has 0 bridgehead atoms. The molecule has 0 aliphatic carbocycles. The normalized spacial score (nSPS) is 25.7. The van der Waals surface area contributed by atoms with Crippen molar-refractivity contribution in [2.45, 2.75) is 24.9 Å². The zero-order valence-electron chi connectivity index (χ0n) is 8.90. The maximum Gasteiger partial charge on any atom is 0.141 e. The van der Waals surface area contributed by atoms with Gasteiger partial charge in [0, 0.05) is 13.0 Å². The van der Waals surface area contributed by atoms with Crippen LogP contribution in [0.25, 0.3) is 0 Å². The molecule has 0 spiro atoms. The smallest absolute Gasteiger partial charge is 0.141 e. The molecule has 0 aromatic heterocycles. The Morgan fingerprint density at radius 2 is 2.25 bits per heavy atom. The highest BCUT2D eigenvalue weighted by Crippen LogP contribution is 2.27. The van der Waals surface area contributed by atoms with Crippen LogP contribution in [-0.4, -0.2) is 18.8 Å². The highest BCUT2D eigenvalue weighted by Gasteiger charge is 2.31. The molecular weight excluding hydrogens is 232 g/mol. The van der Waals surface area contributed by atoms with Crippen molar-refractivity contribution in [1.29, 1.82) is 0 Å². The molecule has 1 nitrogen and oxygen atoms in total. The first-order chi connectivity index (χ1) is 7.59. The van der Waals surface area contributed by atoms with E-state index in [-0.39, 0.29) is 5.02 Å². The number of hydrogen-bond donors (Lipinski definition) is 1. The van der Waals surface area contributed by atoms with Gasteiger partial charge in [0.05, 0.1) is 5.02 Å². The molecule has 2 rings (SSSR count). The highest BCUT2D eigenvalue weighted by molar-refractivity contribution is 6.30. The maximum absolute atomic E-state index is 14.3. The average molecular weight is 246 g/mol. The third-order valence-corrected chi connectivity index (χ3v) is 3.21. The Kier molecular flexibility index (Phi) is 3.45. The van der Waals surface area contributed by atoms with Crippen molar-refractivity contribution in [2.24, 2.45) is 0 Å². The fourth-order valence-electron chi connectivity index (χ4n) is 2.10. The number of halogens is 3. The van der Waals surface area contributed by atoms with Crippen LogP contribution >= 0.6 is 11.6 Å². The molecule has 0 saturated carbocycles. The molecule has 1 aliphatic rings. The van der Waals surface area contributed by atoms with Crippen molar-refractivity contribution >= 4 is 11.6 Å². The van der Waals surface area contributed by atoms with Crippen LogP contribution in [0.1, 0.15) is 18.4 Å². The van der Waals surface area contributed by atoms with E-state index in [2.05, 4.69) is 5.32 Å². The van der Waals surface area contributed by atoms with Crippen molar-refractivity contribution in [3.8, 4) is 0 Å². The number of benzene rings is 1. The molecule has 1 fully saturated rings.